The molecule has 0 amide bonds. The summed E-state index contributed by atoms with van der Waals surface area (Å²) in [5.41, 5.74) is 1.81. The number of hydrogen-bond donors (Lipinski definition) is 1. The van der Waals surface area contributed by atoms with Gasteiger partial charge in [0.2, 0.25) is 0 Å². The minimum Gasteiger partial charge on any atom is -0.483 e. The highest BCUT2D eigenvalue weighted by Gasteiger charge is 2.21. The first-order valence-corrected chi connectivity index (χ1v) is 9.10. The monoisotopic (exact) mass is 411 g/mol. The molecule has 1 aromatic carbocycles. The van der Waals surface area contributed by atoms with E-state index in [9.17, 15) is 9.18 Å². The summed E-state index contributed by atoms with van der Waals surface area (Å²) in [6, 6.07) is 6.28. The maximum Gasteiger partial charge on any atom is 0.181 e. The van der Waals surface area contributed by atoms with E-state index in [1.165, 1.54) is 12.1 Å². The normalized spacial score (nSPS) is 11.0. The van der Waals surface area contributed by atoms with Gasteiger partial charge in [-0.1, -0.05) is 11.6 Å². The number of nitrogens with one attached hydrogen (secondary N) is 1. The van der Waals surface area contributed by atoms with Crippen LogP contribution in [0.2, 0.25) is 5.02 Å². The number of fused-ring (bicyclic) bond motifs is 1. The quantitative estimate of drug-likeness (QED) is 0.484. The van der Waals surface area contributed by atoms with Gasteiger partial charge in [0.15, 0.2) is 28.8 Å². The number of aryl methyl sites for hydroxylation is 1. The van der Waals surface area contributed by atoms with Gasteiger partial charge in [-0.15, -0.1) is 0 Å². The third-order valence-corrected chi connectivity index (χ3v) is 4.65. The van der Waals surface area contributed by atoms with Crippen LogP contribution in [0.25, 0.3) is 11.0 Å². The molecule has 3 aromatic heterocycles. The van der Waals surface area contributed by atoms with Crippen molar-refractivity contribution in [2.24, 2.45) is 0 Å². The van der Waals surface area contributed by atoms with Gasteiger partial charge in [0, 0.05) is 36.1 Å². The summed E-state index contributed by atoms with van der Waals surface area (Å²) < 4.78 is 20.4. The Morgan fingerprint density at radius 3 is 2.83 bits per heavy atom. The van der Waals surface area contributed by atoms with Gasteiger partial charge in [-0.05, 0) is 36.8 Å². The smallest absolute Gasteiger partial charge is 0.181 e. The number of carbonyl (C=O) groups is 1. The van der Waals surface area contributed by atoms with Crippen molar-refractivity contribution in [2.45, 2.75) is 20.0 Å². The lowest BCUT2D eigenvalue weighted by Crippen LogP contribution is -2.10. The van der Waals surface area contributed by atoms with Crippen molar-refractivity contribution in [3.8, 4) is 5.75 Å². The van der Waals surface area contributed by atoms with Crippen LogP contribution in [-0.2, 0) is 13.0 Å². The highest BCUT2D eigenvalue weighted by molar-refractivity contribution is 6.34. The van der Waals surface area contributed by atoms with Gasteiger partial charge in [-0.3, -0.25) is 9.89 Å². The minimum absolute atomic E-state index is 0.0179. The number of ketones is 1. The Bertz CT molecular complexity index is 1200. The Labute approximate surface area is 169 Å². The lowest BCUT2D eigenvalue weighted by Gasteiger charge is -2.11. The van der Waals surface area contributed by atoms with E-state index in [2.05, 4.69) is 25.1 Å². The van der Waals surface area contributed by atoms with Crippen molar-refractivity contribution < 1.29 is 13.9 Å². The van der Waals surface area contributed by atoms with Crippen molar-refractivity contribution in [3.63, 3.8) is 0 Å². The van der Waals surface area contributed by atoms with Crippen molar-refractivity contribution in [2.75, 3.05) is 0 Å². The molecule has 0 fully saturated rings. The molecule has 4 aromatic rings. The lowest BCUT2D eigenvalue weighted by atomic mass is 10.0. The fourth-order valence-corrected chi connectivity index (χ4v) is 3.13. The first-order valence-electron chi connectivity index (χ1n) is 8.72. The largest absolute Gasteiger partial charge is 0.483 e. The molecule has 0 saturated carbocycles. The van der Waals surface area contributed by atoms with E-state index < -0.39 is 11.6 Å². The van der Waals surface area contributed by atoms with E-state index in [0.29, 0.717) is 17.0 Å². The molecule has 9 heteroatoms. The van der Waals surface area contributed by atoms with Crippen molar-refractivity contribution in [3.05, 3.63) is 76.3 Å². The summed E-state index contributed by atoms with van der Waals surface area (Å²) in [5.74, 6) is -0.989. The number of benzene rings is 1. The first-order chi connectivity index (χ1) is 14.0. The molecule has 0 aliphatic carbocycles. The highest BCUT2D eigenvalue weighted by Crippen LogP contribution is 2.29. The van der Waals surface area contributed by atoms with E-state index in [4.69, 9.17) is 16.3 Å². The first kappa shape index (κ1) is 18.9. The summed E-state index contributed by atoms with van der Waals surface area (Å²) in [7, 11) is 0. The number of aromatic nitrogens is 5. The number of nitrogens with zero attached hydrogens (tertiary/aromatic N) is 4. The standard InChI is InChI=1S/C20H15ClFN5O2/c1-11-13-7-12(9-25-20(13)27-26-11)8-15(28)18-14(21)3-4-16(19(18)22)29-10-17-23-5-2-6-24-17/h2-7,9H,8,10H2,1H3,(H,25,26,27). The fraction of sp³-hybridized carbons (Fsp3) is 0.150. The van der Waals surface area contributed by atoms with E-state index in [0.717, 1.165) is 11.1 Å². The molecule has 0 aliphatic rings. The molecule has 1 N–H and O–H groups in total. The van der Waals surface area contributed by atoms with Crippen LogP contribution in [0.3, 0.4) is 0 Å². The van der Waals surface area contributed by atoms with Crippen LogP contribution in [0.1, 0.15) is 27.4 Å². The molecule has 0 atom stereocenters. The average molecular weight is 412 g/mol. The Morgan fingerprint density at radius 1 is 1.24 bits per heavy atom. The second-order valence-corrected chi connectivity index (χ2v) is 6.76. The zero-order valence-electron chi connectivity index (χ0n) is 15.3. The van der Waals surface area contributed by atoms with Crippen LogP contribution >= 0.6 is 11.6 Å². The summed E-state index contributed by atoms with van der Waals surface area (Å²) in [6.45, 7) is 1.82. The minimum atomic E-state index is -0.813. The lowest BCUT2D eigenvalue weighted by molar-refractivity contribution is 0.0988. The zero-order valence-corrected chi connectivity index (χ0v) is 16.1. The van der Waals surface area contributed by atoms with E-state index in [1.54, 1.807) is 30.7 Å². The van der Waals surface area contributed by atoms with E-state index >= 15 is 0 Å². The Hall–Kier alpha value is -3.39. The summed E-state index contributed by atoms with van der Waals surface area (Å²) in [6.07, 6.45) is 4.60. The van der Waals surface area contributed by atoms with Gasteiger partial charge in [-0.25, -0.2) is 19.3 Å². The molecule has 7 nitrogen and oxygen atoms in total. The van der Waals surface area contributed by atoms with Crippen molar-refractivity contribution in [1.29, 1.82) is 0 Å². The van der Waals surface area contributed by atoms with Gasteiger partial charge in [0.25, 0.3) is 0 Å². The average Bonchev–Trinajstić information content (AvgIpc) is 3.08. The van der Waals surface area contributed by atoms with Gasteiger partial charge < -0.3 is 4.74 Å². The van der Waals surface area contributed by atoms with E-state index in [-0.39, 0.29) is 29.4 Å². The van der Waals surface area contributed by atoms with Crippen LogP contribution in [0.15, 0.2) is 42.9 Å². The van der Waals surface area contributed by atoms with E-state index in [1.807, 2.05) is 6.92 Å². The molecule has 0 aliphatic heterocycles. The number of hydrogen-bond acceptors (Lipinski definition) is 6. The number of halogens is 2. The Morgan fingerprint density at radius 2 is 2.03 bits per heavy atom. The summed E-state index contributed by atoms with van der Waals surface area (Å²) in [5, 5.41) is 7.71. The zero-order chi connectivity index (χ0) is 20.4. The molecule has 0 radical (unpaired) electrons. The molecule has 3 heterocycles. The number of aromatic amines is 1. The molecule has 29 heavy (non-hydrogen) atoms. The number of Topliss-reactive ketones (excluding diaryl/α,β-unsaturated/α-hetero) is 1. The number of H-pyrrole nitrogens is 1. The fourth-order valence-electron chi connectivity index (χ4n) is 2.88. The highest BCUT2D eigenvalue weighted by atomic mass is 35.5. The van der Waals surface area contributed by atoms with Crippen LogP contribution in [0.4, 0.5) is 4.39 Å². The predicted molar refractivity (Wildman–Crippen MR) is 104 cm³/mol. The van der Waals surface area contributed by atoms with Crippen LogP contribution in [0, 0.1) is 12.7 Å². The van der Waals surface area contributed by atoms with Crippen LogP contribution in [0.5, 0.6) is 5.75 Å². The van der Waals surface area contributed by atoms with Gasteiger partial charge in [-0.2, -0.15) is 5.10 Å². The third-order valence-electron chi connectivity index (χ3n) is 4.33. The van der Waals surface area contributed by atoms with Gasteiger partial charge >= 0.3 is 0 Å². The maximum absolute atomic E-state index is 15.0. The van der Waals surface area contributed by atoms with Crippen LogP contribution in [-0.4, -0.2) is 30.9 Å². The van der Waals surface area contributed by atoms with Crippen LogP contribution < -0.4 is 4.74 Å². The Balaban J connectivity index is 1.57. The molecule has 0 unspecified atom stereocenters. The second-order valence-electron chi connectivity index (χ2n) is 6.35. The third kappa shape index (κ3) is 3.93. The molecular weight excluding hydrogens is 397 g/mol. The topological polar surface area (TPSA) is 93.7 Å². The van der Waals surface area contributed by atoms with Crippen molar-refractivity contribution in [1.82, 2.24) is 25.1 Å². The summed E-state index contributed by atoms with van der Waals surface area (Å²) >= 11 is 6.11. The molecule has 0 bridgehead atoms. The molecule has 0 spiro atoms. The van der Waals surface area contributed by atoms with Crippen molar-refractivity contribution >= 4 is 28.4 Å². The van der Waals surface area contributed by atoms with Gasteiger partial charge in [0.05, 0.1) is 10.6 Å². The number of carbonyl (C=O) groups excluding carboxylic acids is 1. The SMILES string of the molecule is Cc1[nH]nc2ncc(CC(=O)c3c(Cl)ccc(OCc4ncccn4)c3F)cc12. The maximum atomic E-state index is 15.0. The molecule has 146 valence electrons. The second kappa shape index (κ2) is 7.92. The van der Waals surface area contributed by atoms with Gasteiger partial charge in [0.1, 0.15) is 6.61 Å². The predicted octanol–water partition coefficient (Wildman–Crippen LogP) is 3.85. The number of ether oxygens (including phenoxy) is 1. The number of rotatable bonds is 6. The summed E-state index contributed by atoms with van der Waals surface area (Å²) in [4.78, 5) is 25.0. The molecule has 0 saturated heterocycles. The molecular formula is C20H15ClFN5O2. The molecule has 4 rings (SSSR count). The number of pyridine rings is 1. The Kier molecular flexibility index (Phi) is 5.18.